The number of benzene rings is 2. The third-order valence-electron chi connectivity index (χ3n) is 4.82. The number of nitrogens with zero attached hydrogens (tertiary/aromatic N) is 2. The fourth-order valence-electron chi connectivity index (χ4n) is 3.33. The van der Waals surface area contributed by atoms with Crippen LogP contribution in [0.1, 0.15) is 11.3 Å². The van der Waals surface area contributed by atoms with Crippen molar-refractivity contribution < 1.29 is 0 Å². The van der Waals surface area contributed by atoms with Crippen LogP contribution in [0.4, 0.5) is 0 Å². The molecule has 0 radical (unpaired) electrons. The maximum atomic E-state index is 13.2. The molecular formula is C21H12Cl6N4O2. The molecule has 0 aliphatic carbocycles. The van der Waals surface area contributed by atoms with E-state index in [4.69, 9.17) is 69.6 Å². The molecule has 0 atom stereocenters. The van der Waals surface area contributed by atoms with Gasteiger partial charge in [0.25, 0.3) is 11.1 Å². The van der Waals surface area contributed by atoms with Gasteiger partial charge in [-0.15, -0.1) is 0 Å². The second-order valence-electron chi connectivity index (χ2n) is 7.02. The number of hydrogen-bond acceptors (Lipinski definition) is 2. The topological polar surface area (TPSA) is 75.6 Å². The maximum absolute atomic E-state index is 13.2. The SMILES string of the molecule is C=c1[nH]n(-c2c(Cl)cc(Cl)cc2Cl)c(=O)c1=Cc1c(C)[nH]n(-c2c(Cl)cc(Cl)cc2Cl)c1=O. The minimum Gasteiger partial charge on any atom is -0.295 e. The van der Waals surface area contributed by atoms with E-state index in [-0.39, 0.29) is 47.6 Å². The van der Waals surface area contributed by atoms with Gasteiger partial charge in [-0.1, -0.05) is 76.2 Å². The normalized spacial score (nSPS) is 12.0. The average molecular weight is 565 g/mol. The zero-order chi connectivity index (χ0) is 24.2. The number of rotatable bonds is 3. The van der Waals surface area contributed by atoms with E-state index in [2.05, 4.69) is 16.8 Å². The summed E-state index contributed by atoms with van der Waals surface area (Å²) >= 11 is 37.0. The lowest BCUT2D eigenvalue weighted by atomic mass is 10.2. The summed E-state index contributed by atoms with van der Waals surface area (Å²) in [5.41, 5.74) is 0.124. The zero-order valence-electron chi connectivity index (χ0n) is 16.6. The van der Waals surface area contributed by atoms with Crippen molar-refractivity contribution in [3.8, 4) is 11.4 Å². The summed E-state index contributed by atoms with van der Waals surface area (Å²) in [6, 6.07) is 5.85. The summed E-state index contributed by atoms with van der Waals surface area (Å²) in [6.45, 7) is 5.54. The van der Waals surface area contributed by atoms with Crippen molar-refractivity contribution in [1.29, 1.82) is 0 Å². The molecule has 0 aliphatic rings. The first-order valence-electron chi connectivity index (χ1n) is 9.12. The second-order valence-corrected chi connectivity index (χ2v) is 9.52. The summed E-state index contributed by atoms with van der Waals surface area (Å²) in [4.78, 5) is 26.3. The van der Waals surface area contributed by atoms with Crippen LogP contribution in [0.3, 0.4) is 0 Å². The molecule has 4 rings (SSSR count). The minimum absolute atomic E-state index is 0.136. The van der Waals surface area contributed by atoms with Crippen LogP contribution in [0.5, 0.6) is 0 Å². The van der Waals surface area contributed by atoms with Gasteiger partial charge in [-0.25, -0.2) is 9.36 Å². The van der Waals surface area contributed by atoms with E-state index in [1.165, 1.54) is 35.0 Å². The Balaban J connectivity index is 1.94. The molecular weight excluding hydrogens is 553 g/mol. The van der Waals surface area contributed by atoms with E-state index in [0.717, 1.165) is 4.68 Å². The Labute approximate surface area is 216 Å². The number of halogens is 6. The Morgan fingerprint density at radius 1 is 0.758 bits per heavy atom. The van der Waals surface area contributed by atoms with Gasteiger partial charge in [0, 0.05) is 15.7 Å². The zero-order valence-corrected chi connectivity index (χ0v) is 21.1. The number of hydrogen-bond donors (Lipinski definition) is 2. The Hall–Kier alpha value is -2.06. The molecule has 0 amide bonds. The van der Waals surface area contributed by atoms with Crippen LogP contribution >= 0.6 is 69.6 Å². The van der Waals surface area contributed by atoms with Crippen molar-refractivity contribution in [2.75, 3.05) is 0 Å². The molecule has 2 heterocycles. The third kappa shape index (κ3) is 4.28. The summed E-state index contributed by atoms with van der Waals surface area (Å²) in [5, 5.41) is 7.45. The quantitative estimate of drug-likeness (QED) is 0.363. The van der Waals surface area contributed by atoms with Gasteiger partial charge in [-0.05, 0) is 37.3 Å². The lowest BCUT2D eigenvalue weighted by molar-refractivity contribution is 0.835. The van der Waals surface area contributed by atoms with Gasteiger partial charge in [0.05, 0.1) is 36.2 Å². The van der Waals surface area contributed by atoms with Crippen LogP contribution in [-0.2, 0) is 0 Å². The van der Waals surface area contributed by atoms with E-state index in [0.29, 0.717) is 15.7 Å². The highest BCUT2D eigenvalue weighted by atomic mass is 35.5. The van der Waals surface area contributed by atoms with Crippen LogP contribution in [0.25, 0.3) is 24.0 Å². The predicted molar refractivity (Wildman–Crippen MR) is 136 cm³/mol. The molecule has 170 valence electrons. The van der Waals surface area contributed by atoms with Crippen molar-refractivity contribution >= 4 is 82.3 Å². The monoisotopic (exact) mass is 562 g/mol. The molecule has 2 N–H and O–H groups in total. The smallest absolute Gasteiger partial charge is 0.279 e. The highest BCUT2D eigenvalue weighted by Gasteiger charge is 2.18. The summed E-state index contributed by atoms with van der Waals surface area (Å²) < 4.78 is 2.33. The van der Waals surface area contributed by atoms with E-state index < -0.39 is 11.1 Å². The molecule has 0 aliphatic heterocycles. The first kappa shape index (κ1) is 24.1. The van der Waals surface area contributed by atoms with E-state index in [9.17, 15) is 9.59 Å². The first-order chi connectivity index (χ1) is 15.5. The fraction of sp³-hybridized carbons (Fsp3) is 0.0476. The van der Waals surface area contributed by atoms with Crippen molar-refractivity contribution in [2.24, 2.45) is 0 Å². The Morgan fingerprint density at radius 2 is 1.18 bits per heavy atom. The largest absolute Gasteiger partial charge is 0.295 e. The molecule has 0 spiro atoms. The number of aromatic nitrogens is 4. The molecule has 0 saturated heterocycles. The summed E-state index contributed by atoms with van der Waals surface area (Å²) in [7, 11) is 0. The molecule has 4 aromatic rings. The molecule has 0 bridgehead atoms. The molecule has 12 heteroatoms. The third-order valence-corrected chi connectivity index (χ3v) is 6.41. The molecule has 0 unspecified atom stereocenters. The van der Waals surface area contributed by atoms with Gasteiger partial charge >= 0.3 is 0 Å². The number of aromatic amines is 2. The highest BCUT2D eigenvalue weighted by Crippen LogP contribution is 2.32. The lowest BCUT2D eigenvalue weighted by Crippen LogP contribution is -2.34. The average Bonchev–Trinajstić information content (AvgIpc) is 3.11. The molecule has 33 heavy (non-hydrogen) atoms. The van der Waals surface area contributed by atoms with Gasteiger partial charge in [-0.2, -0.15) is 0 Å². The highest BCUT2D eigenvalue weighted by molar-refractivity contribution is 6.41. The number of nitrogens with one attached hydrogen (secondary N) is 2. The standard InChI is InChI=1S/C21H12Cl6N4O2/c1-8-12(20(32)30(28-8)18-14(24)3-10(22)4-15(18)25)7-13-9(2)29-31(21(13)33)19-16(26)5-11(23)6-17(19)27/h3-7,28-29H,1H2,2H3. The minimum atomic E-state index is -0.514. The van der Waals surface area contributed by atoms with Crippen LogP contribution in [0, 0.1) is 6.92 Å². The Bertz CT molecular complexity index is 1620. The molecule has 2 aromatic carbocycles. The van der Waals surface area contributed by atoms with Gasteiger partial charge < -0.3 is 0 Å². The summed E-state index contributed by atoms with van der Waals surface area (Å²) in [6.07, 6.45) is 1.41. The van der Waals surface area contributed by atoms with E-state index >= 15 is 0 Å². The number of H-pyrrole nitrogens is 2. The predicted octanol–water partition coefficient (Wildman–Crippen LogP) is 5.11. The van der Waals surface area contributed by atoms with Crippen LogP contribution in [0.15, 0.2) is 33.9 Å². The van der Waals surface area contributed by atoms with Gasteiger partial charge in [-0.3, -0.25) is 19.8 Å². The Kier molecular flexibility index (Phi) is 6.53. The van der Waals surface area contributed by atoms with Gasteiger partial charge in [0.2, 0.25) is 0 Å². The first-order valence-corrected chi connectivity index (χ1v) is 11.4. The van der Waals surface area contributed by atoms with Crippen molar-refractivity contribution in [3.63, 3.8) is 0 Å². The Morgan fingerprint density at radius 3 is 1.64 bits per heavy atom. The van der Waals surface area contributed by atoms with Crippen LogP contribution in [0.2, 0.25) is 30.1 Å². The second kappa shape index (κ2) is 8.95. The van der Waals surface area contributed by atoms with Crippen LogP contribution in [-0.4, -0.2) is 19.6 Å². The molecule has 0 saturated carbocycles. The van der Waals surface area contributed by atoms with Gasteiger partial charge in [0.1, 0.15) is 11.4 Å². The molecule has 2 aromatic heterocycles. The van der Waals surface area contributed by atoms with Crippen molar-refractivity contribution in [1.82, 2.24) is 19.6 Å². The van der Waals surface area contributed by atoms with E-state index in [1.54, 1.807) is 6.92 Å². The van der Waals surface area contributed by atoms with E-state index in [1.807, 2.05) is 0 Å². The lowest BCUT2D eigenvalue weighted by Gasteiger charge is -2.07. The molecule has 0 fully saturated rings. The molecule has 6 nitrogen and oxygen atoms in total. The van der Waals surface area contributed by atoms with Crippen molar-refractivity contribution in [3.05, 3.63) is 96.9 Å². The fourth-order valence-corrected chi connectivity index (χ4v) is 5.30. The van der Waals surface area contributed by atoms with Gasteiger partial charge in [0.15, 0.2) is 0 Å². The maximum Gasteiger partial charge on any atom is 0.279 e. The van der Waals surface area contributed by atoms with Crippen LogP contribution < -0.4 is 21.7 Å². The van der Waals surface area contributed by atoms with Crippen molar-refractivity contribution in [2.45, 2.75) is 6.92 Å². The summed E-state index contributed by atoms with van der Waals surface area (Å²) in [5.74, 6) is 0. The number of aryl methyl sites for hydroxylation is 1.